The summed E-state index contributed by atoms with van der Waals surface area (Å²) in [6.07, 6.45) is 6.09. The number of hydrogen-bond donors (Lipinski definition) is 1. The second-order valence-electron chi connectivity index (χ2n) is 4.99. The van der Waals surface area contributed by atoms with Crippen LogP contribution in [0.1, 0.15) is 30.0 Å². The van der Waals surface area contributed by atoms with Crippen LogP contribution in [0.25, 0.3) is 5.69 Å². The first kappa shape index (κ1) is 13.3. The minimum absolute atomic E-state index is 0.543. The number of halogens is 1. The van der Waals surface area contributed by atoms with E-state index in [4.69, 9.17) is 5.26 Å². The highest BCUT2D eigenvalue weighted by Gasteiger charge is 2.20. The van der Waals surface area contributed by atoms with Gasteiger partial charge in [0.25, 0.3) is 0 Å². The predicted molar refractivity (Wildman–Crippen MR) is 80.8 cm³/mol. The number of rotatable bonds is 2. The maximum absolute atomic E-state index is 8.95. The molecule has 3 rings (SSSR count). The number of imidazole rings is 1. The van der Waals surface area contributed by atoms with Crippen LogP contribution in [-0.2, 0) is 0 Å². The Morgan fingerprint density at radius 2 is 2.15 bits per heavy atom. The molecule has 2 aromatic rings. The molecule has 4 nitrogen and oxygen atoms in total. The maximum Gasteiger partial charge on any atom is 0.0994 e. The topological polar surface area (TPSA) is 53.6 Å². The molecule has 0 spiro atoms. The van der Waals surface area contributed by atoms with Crippen LogP contribution < -0.4 is 5.32 Å². The van der Waals surface area contributed by atoms with Crippen LogP contribution in [-0.4, -0.2) is 22.6 Å². The van der Waals surface area contributed by atoms with Gasteiger partial charge in [0.15, 0.2) is 0 Å². The van der Waals surface area contributed by atoms with E-state index in [0.717, 1.165) is 36.1 Å². The van der Waals surface area contributed by atoms with Crippen molar-refractivity contribution in [3.63, 3.8) is 0 Å². The average Bonchev–Trinajstić information content (AvgIpc) is 2.97. The highest BCUT2D eigenvalue weighted by molar-refractivity contribution is 9.10. The van der Waals surface area contributed by atoms with Crippen molar-refractivity contribution in [3.8, 4) is 11.8 Å². The van der Waals surface area contributed by atoms with Gasteiger partial charge in [0.1, 0.15) is 0 Å². The Balaban J connectivity index is 1.99. The first-order valence-corrected chi connectivity index (χ1v) is 7.52. The van der Waals surface area contributed by atoms with Crippen molar-refractivity contribution in [1.29, 1.82) is 5.26 Å². The summed E-state index contributed by atoms with van der Waals surface area (Å²) >= 11 is 3.56. The zero-order valence-corrected chi connectivity index (χ0v) is 12.6. The van der Waals surface area contributed by atoms with Gasteiger partial charge in [-0.2, -0.15) is 5.26 Å². The molecule has 0 bridgehead atoms. The summed E-state index contributed by atoms with van der Waals surface area (Å²) in [4.78, 5) is 4.31. The lowest BCUT2D eigenvalue weighted by Gasteiger charge is -2.24. The summed E-state index contributed by atoms with van der Waals surface area (Å²) in [7, 11) is 0. The molecule has 1 aliphatic heterocycles. The van der Waals surface area contributed by atoms with Gasteiger partial charge in [0.05, 0.1) is 23.6 Å². The number of nitriles is 1. The Morgan fingerprint density at radius 3 is 2.85 bits per heavy atom. The van der Waals surface area contributed by atoms with Crippen molar-refractivity contribution in [2.75, 3.05) is 13.1 Å². The van der Waals surface area contributed by atoms with Crippen LogP contribution in [0.2, 0.25) is 0 Å². The molecule has 0 saturated carbocycles. The molecule has 0 radical (unpaired) electrons. The zero-order chi connectivity index (χ0) is 13.9. The number of hydrogen-bond acceptors (Lipinski definition) is 3. The molecule has 5 heteroatoms. The molecule has 0 atom stereocenters. The Bertz CT molecular complexity index is 650. The first-order valence-electron chi connectivity index (χ1n) is 6.72. The van der Waals surface area contributed by atoms with E-state index < -0.39 is 0 Å². The summed E-state index contributed by atoms with van der Waals surface area (Å²) in [6.45, 7) is 2.12. The van der Waals surface area contributed by atoms with E-state index in [9.17, 15) is 0 Å². The van der Waals surface area contributed by atoms with Crippen molar-refractivity contribution in [3.05, 3.63) is 46.5 Å². The Labute approximate surface area is 126 Å². The lowest BCUT2D eigenvalue weighted by Crippen LogP contribution is -2.27. The van der Waals surface area contributed by atoms with Gasteiger partial charge in [-0.05, 0) is 60.1 Å². The SMILES string of the molecule is N#Cc1ccc(-n2cncc2C2CCNCC2)c(Br)c1. The fourth-order valence-corrected chi connectivity index (χ4v) is 3.27. The standard InChI is InChI=1S/C15H15BrN4/c16-13-7-11(8-17)1-2-14(13)20-10-19-9-15(20)12-3-5-18-6-4-12/h1-2,7,9-10,12,18H,3-6H2. The number of aromatic nitrogens is 2. The highest BCUT2D eigenvalue weighted by atomic mass is 79.9. The molecule has 0 unspecified atom stereocenters. The number of nitrogens with one attached hydrogen (secondary N) is 1. The molecule has 1 aromatic heterocycles. The van der Waals surface area contributed by atoms with Crippen LogP contribution in [0.15, 0.2) is 35.2 Å². The van der Waals surface area contributed by atoms with E-state index >= 15 is 0 Å². The van der Waals surface area contributed by atoms with E-state index in [1.807, 2.05) is 30.7 Å². The van der Waals surface area contributed by atoms with Crippen molar-refractivity contribution >= 4 is 15.9 Å². The van der Waals surface area contributed by atoms with Gasteiger partial charge in [0.2, 0.25) is 0 Å². The third-order valence-electron chi connectivity index (χ3n) is 3.76. The summed E-state index contributed by atoms with van der Waals surface area (Å²) in [5, 5.41) is 12.3. The zero-order valence-electron chi connectivity index (χ0n) is 11.0. The van der Waals surface area contributed by atoms with Gasteiger partial charge >= 0.3 is 0 Å². The maximum atomic E-state index is 8.95. The molecule has 0 aliphatic carbocycles. The number of piperidine rings is 1. The molecule has 0 amide bonds. The van der Waals surface area contributed by atoms with Gasteiger partial charge in [-0.25, -0.2) is 4.98 Å². The van der Waals surface area contributed by atoms with E-state index in [2.05, 4.69) is 36.9 Å². The molecule has 2 heterocycles. The molecular formula is C15H15BrN4. The molecular weight excluding hydrogens is 316 g/mol. The second kappa shape index (κ2) is 5.78. The summed E-state index contributed by atoms with van der Waals surface area (Å²) < 4.78 is 3.05. The molecule has 1 aromatic carbocycles. The Hall–Kier alpha value is -1.64. The van der Waals surface area contributed by atoms with E-state index in [1.54, 1.807) is 0 Å². The summed E-state index contributed by atoms with van der Waals surface area (Å²) in [5.41, 5.74) is 2.94. The quantitative estimate of drug-likeness (QED) is 0.920. The second-order valence-corrected chi connectivity index (χ2v) is 5.85. The lowest BCUT2D eigenvalue weighted by molar-refractivity contribution is 0.449. The van der Waals surface area contributed by atoms with E-state index in [-0.39, 0.29) is 0 Å². The smallest absolute Gasteiger partial charge is 0.0994 e. The monoisotopic (exact) mass is 330 g/mol. The number of nitrogens with zero attached hydrogens (tertiary/aromatic N) is 3. The van der Waals surface area contributed by atoms with Gasteiger partial charge in [0, 0.05) is 22.3 Å². The summed E-state index contributed by atoms with van der Waals surface area (Å²) in [6, 6.07) is 7.81. The van der Waals surface area contributed by atoms with Crippen LogP contribution >= 0.6 is 15.9 Å². The van der Waals surface area contributed by atoms with Crippen molar-refractivity contribution in [1.82, 2.24) is 14.9 Å². The van der Waals surface area contributed by atoms with Gasteiger partial charge in [-0.1, -0.05) is 0 Å². The number of benzene rings is 1. The van der Waals surface area contributed by atoms with Crippen molar-refractivity contribution in [2.45, 2.75) is 18.8 Å². The first-order chi connectivity index (χ1) is 9.79. The van der Waals surface area contributed by atoms with Crippen LogP contribution in [0, 0.1) is 11.3 Å². The third-order valence-corrected chi connectivity index (χ3v) is 4.40. The van der Waals surface area contributed by atoms with Crippen LogP contribution in [0.5, 0.6) is 0 Å². The fraction of sp³-hybridized carbons (Fsp3) is 0.333. The lowest BCUT2D eigenvalue weighted by atomic mass is 9.95. The van der Waals surface area contributed by atoms with Crippen LogP contribution in [0.3, 0.4) is 0 Å². The molecule has 102 valence electrons. The normalized spacial score (nSPS) is 16.0. The molecule has 1 N–H and O–H groups in total. The van der Waals surface area contributed by atoms with Crippen molar-refractivity contribution in [2.24, 2.45) is 0 Å². The van der Waals surface area contributed by atoms with Gasteiger partial charge in [-0.15, -0.1) is 0 Å². The Morgan fingerprint density at radius 1 is 1.35 bits per heavy atom. The fourth-order valence-electron chi connectivity index (χ4n) is 2.70. The van der Waals surface area contributed by atoms with E-state index in [1.165, 1.54) is 5.69 Å². The molecule has 20 heavy (non-hydrogen) atoms. The predicted octanol–water partition coefficient (Wildman–Crippen LogP) is 2.97. The molecule has 1 aliphatic rings. The summed E-state index contributed by atoms with van der Waals surface area (Å²) in [5.74, 6) is 0.543. The van der Waals surface area contributed by atoms with Crippen molar-refractivity contribution < 1.29 is 0 Å². The largest absolute Gasteiger partial charge is 0.317 e. The minimum Gasteiger partial charge on any atom is -0.317 e. The molecule has 1 fully saturated rings. The van der Waals surface area contributed by atoms with E-state index in [0.29, 0.717) is 11.5 Å². The van der Waals surface area contributed by atoms with Crippen LogP contribution in [0.4, 0.5) is 0 Å². The highest BCUT2D eigenvalue weighted by Crippen LogP contribution is 2.30. The van der Waals surface area contributed by atoms with Gasteiger partial charge < -0.3 is 9.88 Å². The Kier molecular flexibility index (Phi) is 3.86. The van der Waals surface area contributed by atoms with Gasteiger partial charge in [-0.3, -0.25) is 0 Å². The average molecular weight is 331 g/mol. The molecule has 1 saturated heterocycles. The third kappa shape index (κ3) is 2.49. The minimum atomic E-state index is 0.543.